The Morgan fingerprint density at radius 1 is 1.43 bits per heavy atom. The molecule has 0 saturated carbocycles. The third-order valence-corrected chi connectivity index (χ3v) is 3.62. The molecule has 5 heteroatoms. The molecule has 1 aliphatic heterocycles. The predicted molar refractivity (Wildman–Crippen MR) is 80.5 cm³/mol. The molecule has 2 amide bonds. The maximum absolute atomic E-state index is 12.3. The monoisotopic (exact) mass is 290 g/mol. The smallest absolute Gasteiger partial charge is 0.229 e. The molecule has 0 radical (unpaired) electrons. The minimum atomic E-state index is -0.317. The molecule has 0 aliphatic carbocycles. The van der Waals surface area contributed by atoms with E-state index in [1.807, 2.05) is 6.07 Å². The average Bonchev–Trinajstić information content (AvgIpc) is 2.80. The van der Waals surface area contributed by atoms with Gasteiger partial charge in [0.05, 0.1) is 12.5 Å². The molecule has 1 heterocycles. The zero-order valence-electron chi connectivity index (χ0n) is 12.5. The summed E-state index contributed by atoms with van der Waals surface area (Å²) < 4.78 is 0. The minimum absolute atomic E-state index is 0.0410. The number of nitrogens with one attached hydrogen (secondary N) is 1. The molecule has 5 nitrogen and oxygen atoms in total. The number of aliphatic hydroxyl groups excluding tert-OH is 1. The fraction of sp³-hybridized carbons (Fsp3) is 0.500. The molecule has 0 spiro atoms. The van der Waals surface area contributed by atoms with E-state index < -0.39 is 0 Å². The first-order valence-electron chi connectivity index (χ1n) is 7.28. The number of carbonyl (C=O) groups is 2. The van der Waals surface area contributed by atoms with Crippen molar-refractivity contribution in [3.8, 4) is 0 Å². The fourth-order valence-corrected chi connectivity index (χ4v) is 2.58. The topological polar surface area (TPSA) is 69.6 Å². The van der Waals surface area contributed by atoms with E-state index in [0.29, 0.717) is 30.3 Å². The second-order valence-electron chi connectivity index (χ2n) is 5.90. The second-order valence-corrected chi connectivity index (χ2v) is 5.90. The van der Waals surface area contributed by atoms with Gasteiger partial charge in [-0.15, -0.1) is 0 Å². The number of hydrogen-bond acceptors (Lipinski definition) is 3. The summed E-state index contributed by atoms with van der Waals surface area (Å²) in [5.74, 6) is -0.0383. The van der Waals surface area contributed by atoms with Crippen molar-refractivity contribution in [1.82, 2.24) is 4.90 Å². The highest BCUT2D eigenvalue weighted by Gasteiger charge is 2.34. The van der Waals surface area contributed by atoms with Crippen molar-refractivity contribution < 1.29 is 14.7 Å². The lowest BCUT2D eigenvalue weighted by Crippen LogP contribution is -2.31. The summed E-state index contributed by atoms with van der Waals surface area (Å²) in [4.78, 5) is 26.0. The van der Waals surface area contributed by atoms with Crippen LogP contribution in [0.25, 0.3) is 0 Å². The molecule has 1 unspecified atom stereocenters. The first-order valence-corrected chi connectivity index (χ1v) is 7.28. The lowest BCUT2D eigenvalue weighted by Gasteiger charge is -2.19. The Morgan fingerprint density at radius 3 is 2.81 bits per heavy atom. The maximum Gasteiger partial charge on any atom is 0.229 e. The Morgan fingerprint density at radius 2 is 2.14 bits per heavy atom. The Labute approximate surface area is 125 Å². The van der Waals surface area contributed by atoms with E-state index >= 15 is 0 Å². The first-order chi connectivity index (χ1) is 10.0. The zero-order valence-corrected chi connectivity index (χ0v) is 12.5. The maximum atomic E-state index is 12.3. The highest BCUT2D eigenvalue weighted by Crippen LogP contribution is 2.22. The van der Waals surface area contributed by atoms with Gasteiger partial charge in [0.25, 0.3) is 0 Å². The average molecular weight is 290 g/mol. The Kier molecular flexibility index (Phi) is 4.96. The summed E-state index contributed by atoms with van der Waals surface area (Å²) >= 11 is 0. The predicted octanol–water partition coefficient (Wildman–Crippen LogP) is 1.62. The van der Waals surface area contributed by atoms with E-state index in [1.165, 1.54) is 0 Å². The Hall–Kier alpha value is -1.88. The van der Waals surface area contributed by atoms with Crippen LogP contribution in [0.1, 0.15) is 25.8 Å². The second kappa shape index (κ2) is 6.72. The van der Waals surface area contributed by atoms with Crippen molar-refractivity contribution >= 4 is 17.5 Å². The van der Waals surface area contributed by atoms with Gasteiger partial charge >= 0.3 is 0 Å². The minimum Gasteiger partial charge on any atom is -0.392 e. The number of hydrogen-bond donors (Lipinski definition) is 2. The summed E-state index contributed by atoms with van der Waals surface area (Å²) in [6.45, 7) is 5.15. The highest BCUT2D eigenvalue weighted by atomic mass is 16.3. The number of para-hydroxylation sites is 1. The standard InChI is InChI=1S/C16H22N2O3/c1-11(2)8-18-9-13(7-15(18)20)16(21)17-14-6-4-3-5-12(14)10-19/h3-6,11,13,19H,7-10H2,1-2H3,(H,17,21). The van der Waals surface area contributed by atoms with E-state index in [2.05, 4.69) is 19.2 Å². The molecule has 1 aromatic rings. The molecule has 1 aliphatic rings. The molecule has 1 fully saturated rings. The van der Waals surface area contributed by atoms with Crippen molar-refractivity contribution in [2.24, 2.45) is 11.8 Å². The molecule has 114 valence electrons. The number of rotatable bonds is 5. The van der Waals surface area contributed by atoms with Crippen molar-refractivity contribution in [3.63, 3.8) is 0 Å². The third kappa shape index (κ3) is 3.82. The van der Waals surface area contributed by atoms with Crippen LogP contribution >= 0.6 is 0 Å². The quantitative estimate of drug-likeness (QED) is 0.866. The lowest BCUT2D eigenvalue weighted by molar-refractivity contribution is -0.128. The first kappa shape index (κ1) is 15.5. The molecular formula is C16H22N2O3. The lowest BCUT2D eigenvalue weighted by atomic mass is 10.1. The Balaban J connectivity index is 2.00. The van der Waals surface area contributed by atoms with Gasteiger partial charge in [-0.1, -0.05) is 32.0 Å². The van der Waals surface area contributed by atoms with Gasteiger partial charge in [-0.3, -0.25) is 9.59 Å². The van der Waals surface area contributed by atoms with Crippen LogP contribution < -0.4 is 5.32 Å². The molecule has 21 heavy (non-hydrogen) atoms. The van der Waals surface area contributed by atoms with Gasteiger partial charge < -0.3 is 15.3 Å². The highest BCUT2D eigenvalue weighted by molar-refractivity contribution is 5.97. The number of nitrogens with zero attached hydrogens (tertiary/aromatic N) is 1. The summed E-state index contributed by atoms with van der Waals surface area (Å²) in [6.07, 6.45) is 0.264. The summed E-state index contributed by atoms with van der Waals surface area (Å²) in [5, 5.41) is 12.1. The van der Waals surface area contributed by atoms with Crippen molar-refractivity contribution in [1.29, 1.82) is 0 Å². The third-order valence-electron chi connectivity index (χ3n) is 3.62. The molecule has 1 atom stereocenters. The van der Waals surface area contributed by atoms with Gasteiger partial charge in [0, 0.05) is 30.8 Å². The van der Waals surface area contributed by atoms with Crippen LogP contribution in [0.2, 0.25) is 0 Å². The molecule has 1 saturated heterocycles. The number of likely N-dealkylation sites (tertiary alicyclic amines) is 1. The molecule has 1 aromatic carbocycles. The normalized spacial score (nSPS) is 18.4. The van der Waals surface area contributed by atoms with Gasteiger partial charge in [0.15, 0.2) is 0 Å². The van der Waals surface area contributed by atoms with E-state index in [9.17, 15) is 14.7 Å². The van der Waals surface area contributed by atoms with Crippen LogP contribution in [-0.4, -0.2) is 34.9 Å². The van der Waals surface area contributed by atoms with Gasteiger partial charge in [-0.05, 0) is 12.0 Å². The van der Waals surface area contributed by atoms with Crippen LogP contribution in [0.5, 0.6) is 0 Å². The Bertz CT molecular complexity index is 528. The van der Waals surface area contributed by atoms with Gasteiger partial charge in [-0.2, -0.15) is 0 Å². The van der Waals surface area contributed by atoms with Gasteiger partial charge in [0.2, 0.25) is 11.8 Å². The van der Waals surface area contributed by atoms with Gasteiger partial charge in [-0.25, -0.2) is 0 Å². The van der Waals surface area contributed by atoms with Crippen LogP contribution in [0.3, 0.4) is 0 Å². The van der Waals surface area contributed by atoms with Crippen molar-refractivity contribution in [2.45, 2.75) is 26.9 Å². The number of benzene rings is 1. The molecule has 0 bridgehead atoms. The molecule has 0 aromatic heterocycles. The number of anilines is 1. The van der Waals surface area contributed by atoms with Crippen molar-refractivity contribution in [2.75, 3.05) is 18.4 Å². The molecular weight excluding hydrogens is 268 g/mol. The van der Waals surface area contributed by atoms with E-state index in [1.54, 1.807) is 23.1 Å². The summed E-state index contributed by atoms with van der Waals surface area (Å²) in [6, 6.07) is 7.14. The number of aliphatic hydroxyl groups is 1. The number of carbonyl (C=O) groups excluding carboxylic acids is 2. The zero-order chi connectivity index (χ0) is 15.4. The van der Waals surface area contributed by atoms with Crippen LogP contribution in [0, 0.1) is 11.8 Å². The van der Waals surface area contributed by atoms with Gasteiger partial charge in [0.1, 0.15) is 0 Å². The summed E-state index contributed by atoms with van der Waals surface area (Å²) in [7, 11) is 0. The fourth-order valence-electron chi connectivity index (χ4n) is 2.58. The van der Waals surface area contributed by atoms with Crippen LogP contribution in [-0.2, 0) is 16.2 Å². The van der Waals surface area contributed by atoms with E-state index in [4.69, 9.17) is 0 Å². The van der Waals surface area contributed by atoms with E-state index in [0.717, 1.165) is 0 Å². The summed E-state index contributed by atoms with van der Waals surface area (Å²) in [5.41, 5.74) is 1.29. The van der Waals surface area contributed by atoms with Crippen LogP contribution in [0.4, 0.5) is 5.69 Å². The SMILES string of the molecule is CC(C)CN1CC(C(=O)Nc2ccccc2CO)CC1=O. The van der Waals surface area contributed by atoms with Crippen LogP contribution in [0.15, 0.2) is 24.3 Å². The molecule has 2 rings (SSSR count). The number of amides is 2. The molecule has 2 N–H and O–H groups in total. The van der Waals surface area contributed by atoms with Crippen molar-refractivity contribution in [3.05, 3.63) is 29.8 Å². The van der Waals surface area contributed by atoms with E-state index in [-0.39, 0.29) is 30.8 Å². The largest absolute Gasteiger partial charge is 0.392 e.